The normalized spacial score (nSPS) is 15.8. The number of carbonyl (C=O) groups is 2. The highest BCUT2D eigenvalue weighted by atomic mass is 16.6. The van der Waals surface area contributed by atoms with Crippen LogP contribution < -0.4 is 19.5 Å². The van der Waals surface area contributed by atoms with Gasteiger partial charge in [-0.2, -0.15) is 0 Å². The van der Waals surface area contributed by atoms with Gasteiger partial charge in [0.1, 0.15) is 22.6 Å². The molecule has 3 N–H and O–H groups in total. The van der Waals surface area contributed by atoms with Crippen LogP contribution >= 0.6 is 0 Å². The summed E-state index contributed by atoms with van der Waals surface area (Å²) in [6.45, 7) is 3.61. The first-order valence-corrected chi connectivity index (χ1v) is 10.8. The molecule has 2 aromatic carbocycles. The zero-order valence-electron chi connectivity index (χ0n) is 18.4. The number of esters is 1. The Hall–Kier alpha value is -3.26. The zero-order valence-corrected chi connectivity index (χ0v) is 18.4. The van der Waals surface area contributed by atoms with E-state index in [9.17, 15) is 19.8 Å². The summed E-state index contributed by atoms with van der Waals surface area (Å²) in [6, 6.07) is 3.15. The van der Waals surface area contributed by atoms with Crippen molar-refractivity contribution in [3.05, 3.63) is 39.9 Å². The number of phenolic OH excluding ortho intramolecular Hbond substituents is 1. The number of benzene rings is 2. The lowest BCUT2D eigenvalue weighted by atomic mass is 9.95. The maximum atomic E-state index is 13.1. The van der Waals surface area contributed by atoms with E-state index in [1.807, 2.05) is 0 Å². The lowest BCUT2D eigenvalue weighted by Crippen LogP contribution is -2.30. The van der Waals surface area contributed by atoms with Crippen molar-refractivity contribution in [2.75, 3.05) is 7.11 Å². The van der Waals surface area contributed by atoms with E-state index < -0.39 is 11.9 Å². The van der Waals surface area contributed by atoms with Gasteiger partial charge in [-0.05, 0) is 44.4 Å². The Balaban J connectivity index is 1.84. The van der Waals surface area contributed by atoms with Gasteiger partial charge in [0.05, 0.1) is 12.7 Å². The second-order valence-corrected chi connectivity index (χ2v) is 8.32. The predicted octanol–water partition coefficient (Wildman–Crippen LogP) is 4.46. The largest absolute Gasteiger partial charge is 0.507 e. The van der Waals surface area contributed by atoms with Gasteiger partial charge in [0, 0.05) is 18.2 Å². The number of ether oxygens (including phenoxy) is 3. The first-order chi connectivity index (χ1) is 15.3. The quantitative estimate of drug-likeness (QED) is 0.460. The molecule has 8 nitrogen and oxygen atoms in total. The summed E-state index contributed by atoms with van der Waals surface area (Å²) in [4.78, 5) is 25.1. The average molecular weight is 441 g/mol. The first kappa shape index (κ1) is 22.0. The lowest BCUT2D eigenvalue weighted by Gasteiger charge is -2.24. The SMILES string of the molecule is COc1cc(C(=O)O)c2c(c1C)OC(=O)c1c(C)cc(O)c(CNC3CCCCC3)c1O2. The molecule has 32 heavy (non-hydrogen) atoms. The Morgan fingerprint density at radius 2 is 1.84 bits per heavy atom. The van der Waals surface area contributed by atoms with Gasteiger partial charge in [-0.15, -0.1) is 0 Å². The van der Waals surface area contributed by atoms with Gasteiger partial charge in [-0.1, -0.05) is 19.3 Å². The Bertz CT molecular complexity index is 1090. The van der Waals surface area contributed by atoms with Crippen LogP contribution in [-0.2, 0) is 6.54 Å². The number of nitrogens with one attached hydrogen (secondary N) is 1. The molecule has 0 amide bonds. The zero-order chi connectivity index (χ0) is 23.0. The van der Waals surface area contributed by atoms with Crippen molar-refractivity contribution in [2.24, 2.45) is 0 Å². The number of hydrogen-bond donors (Lipinski definition) is 3. The third-order valence-corrected chi connectivity index (χ3v) is 6.22. The van der Waals surface area contributed by atoms with Gasteiger partial charge >= 0.3 is 11.9 Å². The molecule has 2 aromatic rings. The molecule has 1 aliphatic carbocycles. The number of hydrogen-bond acceptors (Lipinski definition) is 7. The van der Waals surface area contributed by atoms with Crippen LogP contribution in [0.5, 0.6) is 28.7 Å². The summed E-state index contributed by atoms with van der Waals surface area (Å²) in [5.41, 5.74) is 1.27. The average Bonchev–Trinajstić information content (AvgIpc) is 2.91. The first-order valence-electron chi connectivity index (χ1n) is 10.8. The van der Waals surface area contributed by atoms with Crippen LogP contribution in [0.15, 0.2) is 12.1 Å². The molecule has 1 saturated carbocycles. The number of phenols is 1. The summed E-state index contributed by atoms with van der Waals surface area (Å²) in [7, 11) is 1.41. The molecule has 0 radical (unpaired) electrons. The van der Waals surface area contributed by atoms with Crippen molar-refractivity contribution in [1.82, 2.24) is 5.32 Å². The van der Waals surface area contributed by atoms with E-state index >= 15 is 0 Å². The smallest absolute Gasteiger partial charge is 0.347 e. The molecule has 0 atom stereocenters. The minimum absolute atomic E-state index is 0.00645. The Morgan fingerprint density at radius 1 is 1.12 bits per heavy atom. The molecule has 0 spiro atoms. The molecule has 8 heteroatoms. The maximum Gasteiger partial charge on any atom is 0.347 e. The van der Waals surface area contributed by atoms with E-state index in [4.69, 9.17) is 14.2 Å². The number of carboxylic acid groups (broad SMARTS) is 1. The van der Waals surface area contributed by atoms with E-state index in [-0.39, 0.29) is 46.4 Å². The number of methoxy groups -OCH3 is 1. The van der Waals surface area contributed by atoms with Crippen LogP contribution in [0.2, 0.25) is 0 Å². The maximum absolute atomic E-state index is 13.1. The molecule has 1 aliphatic heterocycles. The second kappa shape index (κ2) is 8.70. The molecule has 1 heterocycles. The van der Waals surface area contributed by atoms with Crippen LogP contribution in [-0.4, -0.2) is 35.3 Å². The number of carboxylic acids is 1. The number of aromatic hydroxyl groups is 1. The second-order valence-electron chi connectivity index (χ2n) is 8.32. The highest BCUT2D eigenvalue weighted by Gasteiger charge is 2.34. The standard InChI is InChI=1S/C24H27NO7/c1-12-9-17(26)16(11-25-14-7-5-4-6-8-14)21-19(12)24(29)32-20-13(2)18(30-3)10-15(23(27)28)22(20)31-21/h9-10,14,25-26H,4-8,11H2,1-3H3,(H,27,28). The third kappa shape index (κ3) is 3.86. The number of aromatic carboxylic acids is 1. The molecular formula is C24H27NO7. The summed E-state index contributed by atoms with van der Waals surface area (Å²) < 4.78 is 17.0. The van der Waals surface area contributed by atoms with Gasteiger partial charge in [0.2, 0.25) is 0 Å². The van der Waals surface area contributed by atoms with E-state index in [0.717, 1.165) is 25.7 Å². The van der Waals surface area contributed by atoms with Crippen LogP contribution in [0.3, 0.4) is 0 Å². The molecular weight excluding hydrogens is 414 g/mol. The lowest BCUT2D eigenvalue weighted by molar-refractivity contribution is 0.0685. The fraction of sp³-hybridized carbons (Fsp3) is 0.417. The monoisotopic (exact) mass is 441 g/mol. The van der Waals surface area contributed by atoms with Crippen LogP contribution in [0, 0.1) is 13.8 Å². The molecule has 0 unspecified atom stereocenters. The predicted molar refractivity (Wildman–Crippen MR) is 116 cm³/mol. The van der Waals surface area contributed by atoms with Gasteiger partial charge in [0.25, 0.3) is 0 Å². The van der Waals surface area contributed by atoms with Crippen LogP contribution in [0.4, 0.5) is 0 Å². The minimum Gasteiger partial charge on any atom is -0.507 e. The fourth-order valence-electron chi connectivity index (χ4n) is 4.45. The third-order valence-electron chi connectivity index (χ3n) is 6.22. The molecule has 4 rings (SSSR count). The number of fused-ring (bicyclic) bond motifs is 2. The van der Waals surface area contributed by atoms with E-state index in [2.05, 4.69) is 5.32 Å². The number of rotatable bonds is 5. The Kier molecular flexibility index (Phi) is 5.97. The summed E-state index contributed by atoms with van der Waals surface area (Å²) in [6.07, 6.45) is 5.60. The van der Waals surface area contributed by atoms with Crippen molar-refractivity contribution in [2.45, 2.75) is 58.5 Å². The van der Waals surface area contributed by atoms with Crippen molar-refractivity contribution in [3.63, 3.8) is 0 Å². The highest BCUT2D eigenvalue weighted by molar-refractivity contribution is 6.00. The number of carbonyl (C=O) groups excluding carboxylic acids is 1. The fourth-order valence-corrected chi connectivity index (χ4v) is 4.45. The van der Waals surface area contributed by atoms with Crippen LogP contribution in [0.1, 0.15) is 69.5 Å². The summed E-state index contributed by atoms with van der Waals surface area (Å²) in [5, 5.41) is 23.9. The summed E-state index contributed by atoms with van der Waals surface area (Å²) in [5.74, 6) is -1.67. The molecule has 0 aromatic heterocycles. The van der Waals surface area contributed by atoms with Gasteiger partial charge in [-0.25, -0.2) is 9.59 Å². The molecule has 170 valence electrons. The minimum atomic E-state index is -1.25. The van der Waals surface area contributed by atoms with Crippen LogP contribution in [0.25, 0.3) is 0 Å². The Labute approximate surface area is 186 Å². The van der Waals surface area contributed by atoms with Crippen molar-refractivity contribution in [3.8, 4) is 28.7 Å². The highest BCUT2D eigenvalue weighted by Crippen LogP contribution is 2.48. The Morgan fingerprint density at radius 3 is 2.50 bits per heavy atom. The molecule has 1 fully saturated rings. The van der Waals surface area contributed by atoms with Gasteiger partial charge < -0.3 is 29.7 Å². The number of aryl methyl sites for hydroxylation is 1. The van der Waals surface area contributed by atoms with E-state index in [0.29, 0.717) is 22.7 Å². The van der Waals surface area contributed by atoms with E-state index in [1.165, 1.54) is 25.7 Å². The molecule has 0 saturated heterocycles. The molecule has 2 aliphatic rings. The topological polar surface area (TPSA) is 114 Å². The van der Waals surface area contributed by atoms with E-state index in [1.54, 1.807) is 13.8 Å². The summed E-state index contributed by atoms with van der Waals surface area (Å²) >= 11 is 0. The van der Waals surface area contributed by atoms with Gasteiger partial charge in [-0.3, -0.25) is 0 Å². The van der Waals surface area contributed by atoms with Gasteiger partial charge in [0.15, 0.2) is 17.2 Å². The van der Waals surface area contributed by atoms with Crippen molar-refractivity contribution >= 4 is 11.9 Å². The van der Waals surface area contributed by atoms with Crippen molar-refractivity contribution in [1.29, 1.82) is 0 Å². The molecule has 0 bridgehead atoms. The van der Waals surface area contributed by atoms with Crippen molar-refractivity contribution < 1.29 is 34.0 Å².